The number of carbonyl (C=O) groups excluding carboxylic acids is 8. The predicted molar refractivity (Wildman–Crippen MR) is 257 cm³/mol. The van der Waals surface area contributed by atoms with Gasteiger partial charge in [-0.15, -0.1) is 33.3 Å². The number of fused-ring (bicyclic) bond motifs is 4. The Morgan fingerprint density at radius 3 is 2.32 bits per heavy atom. The standard InChI is InChI=1S/C45H59ClN12O8S2/c1-21-14-30-40(64)54-45(8,9)43(66)49-17-32(60)50-28(39(63)52-29(37(47)62)19-67-20-33(61)53-36(44(5,6)7)41(65)57(30)18-21)16-48-31(59)15-27-38-56-55-24(4)58(38)42-34(22(2)23(3)68-42)35(51-27)25-10-12-26(46)13-11-25/h10-13,21,27-30,36H,14-20H2,1-9H3,(H2,47,62)(H,48,59)(H,49,66)(H,50,60)(H,52,63)(H,53,61)(H,54,64)/t21-,27+,28-,29-,30+,36-/m1/s1. The molecule has 0 saturated carbocycles. The molecule has 20 nitrogen and oxygen atoms in total. The van der Waals surface area contributed by atoms with E-state index in [1.807, 2.05) is 37.5 Å². The van der Waals surface area contributed by atoms with Crippen LogP contribution in [0.15, 0.2) is 29.3 Å². The van der Waals surface area contributed by atoms with E-state index in [0.717, 1.165) is 38.3 Å². The summed E-state index contributed by atoms with van der Waals surface area (Å²) >= 11 is 8.77. The van der Waals surface area contributed by atoms with E-state index < -0.39 is 102 Å². The van der Waals surface area contributed by atoms with Crippen molar-refractivity contribution in [2.75, 3.05) is 31.1 Å². The number of thiophene rings is 1. The van der Waals surface area contributed by atoms with Gasteiger partial charge in [0.2, 0.25) is 47.3 Å². The number of aliphatic imine (C=N–C) groups is 1. The number of rotatable bonds is 6. The molecule has 2 fully saturated rings. The molecule has 3 aromatic rings. The van der Waals surface area contributed by atoms with Crippen LogP contribution in [0, 0.1) is 32.1 Å². The third-order valence-electron chi connectivity index (χ3n) is 12.0. The maximum atomic E-state index is 14.1. The van der Waals surface area contributed by atoms with Crippen LogP contribution in [0.1, 0.15) is 93.6 Å². The van der Waals surface area contributed by atoms with Gasteiger partial charge in [-0.3, -0.25) is 47.9 Å². The number of primary amides is 1. The third kappa shape index (κ3) is 11.7. The molecular weight excluding hydrogens is 936 g/mol. The van der Waals surface area contributed by atoms with E-state index >= 15 is 0 Å². The molecule has 0 bridgehead atoms. The van der Waals surface area contributed by atoms with E-state index in [-0.39, 0.29) is 30.4 Å². The number of benzene rings is 1. The van der Waals surface area contributed by atoms with Crippen LogP contribution in [0.3, 0.4) is 0 Å². The van der Waals surface area contributed by atoms with Crippen LogP contribution < -0.4 is 37.6 Å². The van der Waals surface area contributed by atoms with Crippen molar-refractivity contribution in [3.05, 3.63) is 62.5 Å². The Hall–Kier alpha value is -5.87. The zero-order chi connectivity index (χ0) is 50.0. The van der Waals surface area contributed by atoms with E-state index in [1.165, 1.54) is 18.7 Å². The summed E-state index contributed by atoms with van der Waals surface area (Å²) < 4.78 is 1.88. The van der Waals surface area contributed by atoms with Crippen molar-refractivity contribution in [2.24, 2.45) is 22.1 Å². The number of halogens is 1. The van der Waals surface area contributed by atoms with Crippen molar-refractivity contribution in [3.63, 3.8) is 0 Å². The van der Waals surface area contributed by atoms with Gasteiger partial charge in [-0.05, 0) is 70.1 Å². The number of hydrogen-bond acceptors (Lipinski definition) is 13. The first-order chi connectivity index (χ1) is 31.9. The lowest BCUT2D eigenvalue weighted by atomic mass is 9.85. The summed E-state index contributed by atoms with van der Waals surface area (Å²) in [5.74, 6) is -5.13. The summed E-state index contributed by atoms with van der Waals surface area (Å²) in [6.45, 7) is 15.0. The number of aryl methyl sites for hydroxylation is 2. The van der Waals surface area contributed by atoms with Gasteiger partial charge >= 0.3 is 0 Å². The lowest BCUT2D eigenvalue weighted by molar-refractivity contribution is -0.144. The Morgan fingerprint density at radius 2 is 1.66 bits per heavy atom. The molecule has 1 aromatic carbocycles. The number of nitrogens with zero attached hydrogens (tertiary/aromatic N) is 5. The Bertz CT molecular complexity index is 2530. The molecule has 366 valence electrons. The van der Waals surface area contributed by atoms with E-state index in [2.05, 4.69) is 42.1 Å². The number of nitrogens with one attached hydrogen (secondary N) is 6. The lowest BCUT2D eigenvalue weighted by Crippen LogP contribution is -2.62. The number of amides is 8. The highest BCUT2D eigenvalue weighted by Gasteiger charge is 2.45. The van der Waals surface area contributed by atoms with Crippen LogP contribution in [0.4, 0.5) is 0 Å². The Labute approximate surface area is 407 Å². The van der Waals surface area contributed by atoms with Crippen LogP contribution >= 0.6 is 34.7 Å². The van der Waals surface area contributed by atoms with Gasteiger partial charge in [0.25, 0.3) is 0 Å². The highest BCUT2D eigenvalue weighted by Crippen LogP contribution is 2.40. The summed E-state index contributed by atoms with van der Waals surface area (Å²) in [5.41, 5.74) is 6.58. The molecule has 6 rings (SSSR count). The normalized spacial score (nSPS) is 24.3. The molecule has 8 amide bonds. The molecular formula is C45H59ClN12O8S2. The van der Waals surface area contributed by atoms with Gasteiger partial charge in [-0.2, -0.15) is 0 Å². The van der Waals surface area contributed by atoms with Crippen molar-refractivity contribution in [2.45, 2.75) is 111 Å². The SMILES string of the molecule is Cc1sc2c(c1C)C(c1ccc(Cl)cc1)=N[C@@H](CC(=O)NC[C@H]1NC(=O)CNC(=O)C(C)(C)NC(=O)[C@@H]3C[C@@H](C)CN3C(=O)[C@H](C(C)(C)C)NC(=O)CSC[C@H](C(N)=O)NC1=O)c1nnc(C)n1-2. The fraction of sp³-hybridized carbons (Fsp3) is 0.533. The van der Waals surface area contributed by atoms with Crippen molar-refractivity contribution >= 4 is 87.7 Å². The second kappa shape index (κ2) is 20.8. The summed E-state index contributed by atoms with van der Waals surface area (Å²) in [5, 5.41) is 25.9. The van der Waals surface area contributed by atoms with E-state index in [4.69, 9.17) is 22.3 Å². The molecule has 0 aliphatic carbocycles. The number of nitrogens with two attached hydrogens (primary N) is 1. The second-order valence-corrected chi connectivity index (χ2v) is 21.7. The van der Waals surface area contributed by atoms with E-state index in [9.17, 15) is 38.4 Å². The van der Waals surface area contributed by atoms with Crippen LogP contribution in [-0.2, 0) is 38.4 Å². The highest BCUT2D eigenvalue weighted by molar-refractivity contribution is 8.00. The zero-order valence-corrected chi connectivity index (χ0v) is 41.9. The largest absolute Gasteiger partial charge is 0.368 e. The average Bonchev–Trinajstić information content (AvgIpc) is 3.91. The molecule has 68 heavy (non-hydrogen) atoms. The summed E-state index contributed by atoms with van der Waals surface area (Å²) in [6.07, 6.45) is 0.0454. The summed E-state index contributed by atoms with van der Waals surface area (Å²) in [6, 6.07) is 1.47. The van der Waals surface area contributed by atoms with Crippen LogP contribution in [0.25, 0.3) is 5.00 Å². The molecule has 5 heterocycles. The number of aromatic nitrogens is 3. The molecule has 0 radical (unpaired) electrons. The fourth-order valence-corrected chi connectivity index (χ4v) is 10.4. The van der Waals surface area contributed by atoms with Crippen molar-refractivity contribution in [1.29, 1.82) is 0 Å². The van der Waals surface area contributed by atoms with Crippen LogP contribution in [-0.4, -0.2) is 133 Å². The minimum atomic E-state index is -1.58. The number of hydrogen-bond donors (Lipinski definition) is 7. The van der Waals surface area contributed by atoms with Gasteiger partial charge < -0.3 is 42.5 Å². The first-order valence-electron chi connectivity index (χ1n) is 22.2. The monoisotopic (exact) mass is 994 g/mol. The maximum Gasteiger partial charge on any atom is 0.246 e. The Morgan fingerprint density at radius 1 is 0.971 bits per heavy atom. The highest BCUT2D eigenvalue weighted by atomic mass is 35.5. The number of thioether (sulfide) groups is 1. The average molecular weight is 996 g/mol. The second-order valence-electron chi connectivity index (χ2n) is 19.0. The van der Waals surface area contributed by atoms with Gasteiger partial charge in [0, 0.05) is 39.9 Å². The molecule has 3 aliphatic heterocycles. The third-order valence-corrected chi connectivity index (χ3v) is 14.5. The Balaban J connectivity index is 1.25. The Kier molecular flexibility index (Phi) is 15.7. The molecule has 3 aliphatic rings. The predicted octanol–water partition coefficient (Wildman–Crippen LogP) is 1.29. The van der Waals surface area contributed by atoms with Gasteiger partial charge in [0.1, 0.15) is 46.6 Å². The summed E-state index contributed by atoms with van der Waals surface area (Å²) in [4.78, 5) is 117. The molecule has 0 spiro atoms. The quantitative estimate of drug-likeness (QED) is 0.185. The molecule has 8 N–H and O–H groups in total. The maximum absolute atomic E-state index is 14.1. The topological polar surface area (TPSA) is 281 Å². The first kappa shape index (κ1) is 51.5. The van der Waals surface area contributed by atoms with E-state index in [0.29, 0.717) is 28.8 Å². The van der Waals surface area contributed by atoms with Gasteiger partial charge in [-0.1, -0.05) is 51.4 Å². The molecule has 2 aromatic heterocycles. The van der Waals surface area contributed by atoms with Crippen molar-refractivity contribution in [1.82, 2.24) is 51.6 Å². The smallest absolute Gasteiger partial charge is 0.246 e. The molecule has 23 heteroatoms. The lowest BCUT2D eigenvalue weighted by Gasteiger charge is -2.36. The molecule has 6 atom stereocenters. The van der Waals surface area contributed by atoms with Gasteiger partial charge in [0.15, 0.2) is 5.82 Å². The minimum Gasteiger partial charge on any atom is -0.368 e. The molecule has 0 unspecified atom stereocenters. The molecule has 2 saturated heterocycles. The fourth-order valence-electron chi connectivity index (χ4n) is 8.17. The minimum absolute atomic E-state index is 0.0703. The first-order valence-corrected chi connectivity index (χ1v) is 24.5. The van der Waals surface area contributed by atoms with Crippen LogP contribution in [0.2, 0.25) is 5.02 Å². The van der Waals surface area contributed by atoms with Crippen LogP contribution in [0.5, 0.6) is 0 Å². The van der Waals surface area contributed by atoms with Crippen molar-refractivity contribution in [3.8, 4) is 5.00 Å². The zero-order valence-electron chi connectivity index (χ0n) is 39.5. The number of carbonyl (C=O) groups is 8. The van der Waals surface area contributed by atoms with Gasteiger partial charge in [-0.25, -0.2) is 0 Å². The van der Waals surface area contributed by atoms with E-state index in [1.54, 1.807) is 51.2 Å². The van der Waals surface area contributed by atoms with Crippen molar-refractivity contribution < 1.29 is 38.4 Å². The van der Waals surface area contributed by atoms with Gasteiger partial charge in [0.05, 0.1) is 24.4 Å². The summed E-state index contributed by atoms with van der Waals surface area (Å²) in [7, 11) is 0.